The van der Waals surface area contributed by atoms with Gasteiger partial charge in [-0.1, -0.05) is 6.92 Å². The van der Waals surface area contributed by atoms with Gasteiger partial charge in [0.05, 0.1) is 11.7 Å². The fourth-order valence-electron chi connectivity index (χ4n) is 1.53. The van der Waals surface area contributed by atoms with E-state index in [0.717, 1.165) is 12.8 Å². The molecule has 0 radical (unpaired) electrons. The standard InChI is InChI=1S/C13H29NO4/c1-10(11(2)18-12(14)15)6-8-17-13(3,4)7-9-16-5/h10-12,15H,6-9,14H2,1-5H3. The summed E-state index contributed by atoms with van der Waals surface area (Å²) in [6, 6.07) is 0. The van der Waals surface area contributed by atoms with Gasteiger partial charge in [0.15, 0.2) is 0 Å². The molecule has 0 heterocycles. The van der Waals surface area contributed by atoms with Crippen LogP contribution in [0.3, 0.4) is 0 Å². The number of hydrogen-bond acceptors (Lipinski definition) is 5. The van der Waals surface area contributed by atoms with Gasteiger partial charge in [0.25, 0.3) is 0 Å². The maximum Gasteiger partial charge on any atom is 0.211 e. The van der Waals surface area contributed by atoms with Crippen LogP contribution in [-0.4, -0.2) is 43.5 Å². The van der Waals surface area contributed by atoms with Gasteiger partial charge >= 0.3 is 0 Å². The van der Waals surface area contributed by atoms with Crippen LogP contribution in [0.5, 0.6) is 0 Å². The number of methoxy groups -OCH3 is 1. The Labute approximate surface area is 111 Å². The summed E-state index contributed by atoms with van der Waals surface area (Å²) in [6.45, 7) is 9.42. The maximum atomic E-state index is 8.93. The lowest BCUT2D eigenvalue weighted by Crippen LogP contribution is -2.32. The lowest BCUT2D eigenvalue weighted by molar-refractivity contribution is -0.143. The third-order valence-electron chi connectivity index (χ3n) is 3.13. The molecule has 0 fully saturated rings. The molecule has 3 atom stereocenters. The minimum atomic E-state index is -1.21. The Morgan fingerprint density at radius 2 is 1.83 bits per heavy atom. The number of rotatable bonds is 10. The van der Waals surface area contributed by atoms with E-state index < -0.39 is 6.41 Å². The Hall–Kier alpha value is -0.200. The molecule has 5 heteroatoms. The second-order valence-electron chi connectivity index (χ2n) is 5.35. The normalized spacial score (nSPS) is 17.5. The largest absolute Gasteiger partial charge is 0.385 e. The molecule has 0 amide bonds. The zero-order chi connectivity index (χ0) is 14.2. The molecule has 0 aliphatic rings. The Balaban J connectivity index is 3.81. The van der Waals surface area contributed by atoms with Crippen molar-refractivity contribution in [3.63, 3.8) is 0 Å². The van der Waals surface area contributed by atoms with E-state index in [4.69, 9.17) is 25.1 Å². The molecule has 0 aliphatic carbocycles. The zero-order valence-electron chi connectivity index (χ0n) is 12.3. The summed E-state index contributed by atoms with van der Waals surface area (Å²) in [5.74, 6) is 0.279. The number of nitrogens with two attached hydrogens (primary N) is 1. The molecular formula is C13H29NO4. The molecule has 3 unspecified atom stereocenters. The first-order chi connectivity index (χ1) is 8.28. The summed E-state index contributed by atoms with van der Waals surface area (Å²) in [7, 11) is 1.69. The number of aliphatic hydroxyl groups is 1. The first-order valence-electron chi connectivity index (χ1n) is 6.50. The van der Waals surface area contributed by atoms with Crippen molar-refractivity contribution in [3.05, 3.63) is 0 Å². The Morgan fingerprint density at radius 1 is 1.22 bits per heavy atom. The van der Waals surface area contributed by atoms with E-state index in [0.29, 0.717) is 13.2 Å². The molecule has 0 rings (SSSR count). The first-order valence-corrected chi connectivity index (χ1v) is 6.50. The van der Waals surface area contributed by atoms with Crippen LogP contribution in [0.1, 0.15) is 40.5 Å². The van der Waals surface area contributed by atoms with Gasteiger partial charge in [-0.3, -0.25) is 5.73 Å². The van der Waals surface area contributed by atoms with Gasteiger partial charge in [-0.25, -0.2) is 0 Å². The molecule has 0 bridgehead atoms. The summed E-state index contributed by atoms with van der Waals surface area (Å²) in [5.41, 5.74) is 5.00. The molecule has 0 aromatic rings. The van der Waals surface area contributed by atoms with Crippen LogP contribution in [0.4, 0.5) is 0 Å². The third-order valence-corrected chi connectivity index (χ3v) is 3.13. The summed E-state index contributed by atoms with van der Waals surface area (Å²) >= 11 is 0. The van der Waals surface area contributed by atoms with E-state index in [1.165, 1.54) is 0 Å². The highest BCUT2D eigenvalue weighted by Crippen LogP contribution is 2.18. The van der Waals surface area contributed by atoms with Crippen molar-refractivity contribution in [2.45, 2.75) is 58.7 Å². The molecule has 0 saturated heterocycles. The highest BCUT2D eigenvalue weighted by molar-refractivity contribution is 4.69. The number of ether oxygens (including phenoxy) is 3. The van der Waals surface area contributed by atoms with Crippen LogP contribution >= 0.6 is 0 Å². The minimum absolute atomic E-state index is 0.0873. The molecule has 0 aromatic carbocycles. The summed E-state index contributed by atoms with van der Waals surface area (Å²) < 4.78 is 16.0. The molecule has 0 aliphatic heterocycles. The van der Waals surface area contributed by atoms with E-state index in [2.05, 4.69) is 20.8 Å². The van der Waals surface area contributed by atoms with Crippen LogP contribution in [-0.2, 0) is 14.2 Å². The van der Waals surface area contributed by atoms with Gasteiger partial charge < -0.3 is 19.3 Å². The van der Waals surface area contributed by atoms with E-state index in [-0.39, 0.29) is 17.6 Å². The van der Waals surface area contributed by atoms with Gasteiger partial charge in [-0.15, -0.1) is 0 Å². The monoisotopic (exact) mass is 263 g/mol. The van der Waals surface area contributed by atoms with Crippen molar-refractivity contribution in [2.24, 2.45) is 11.7 Å². The molecule has 3 N–H and O–H groups in total. The molecule has 5 nitrogen and oxygen atoms in total. The Kier molecular flexibility index (Phi) is 8.73. The van der Waals surface area contributed by atoms with E-state index in [1.807, 2.05) is 6.92 Å². The molecule has 110 valence electrons. The van der Waals surface area contributed by atoms with Crippen molar-refractivity contribution < 1.29 is 19.3 Å². The number of aliphatic hydroxyl groups excluding tert-OH is 1. The van der Waals surface area contributed by atoms with Crippen molar-refractivity contribution in [1.82, 2.24) is 0 Å². The molecule has 18 heavy (non-hydrogen) atoms. The van der Waals surface area contributed by atoms with Gasteiger partial charge in [-0.05, 0) is 39.5 Å². The van der Waals surface area contributed by atoms with Crippen molar-refractivity contribution >= 4 is 0 Å². The van der Waals surface area contributed by atoms with Crippen LogP contribution in [0.2, 0.25) is 0 Å². The van der Waals surface area contributed by atoms with Crippen molar-refractivity contribution in [2.75, 3.05) is 20.3 Å². The maximum absolute atomic E-state index is 8.93. The molecule has 0 aromatic heterocycles. The molecule has 0 saturated carbocycles. The third kappa shape index (κ3) is 8.83. The number of hydrogen-bond donors (Lipinski definition) is 2. The lowest BCUT2D eigenvalue weighted by Gasteiger charge is -2.27. The van der Waals surface area contributed by atoms with Gasteiger partial charge in [0.1, 0.15) is 0 Å². The predicted octanol–water partition coefficient (Wildman–Crippen LogP) is 1.48. The highest BCUT2D eigenvalue weighted by atomic mass is 16.6. The van der Waals surface area contributed by atoms with E-state index in [9.17, 15) is 0 Å². The van der Waals surface area contributed by atoms with E-state index in [1.54, 1.807) is 7.11 Å². The van der Waals surface area contributed by atoms with Crippen LogP contribution in [0.15, 0.2) is 0 Å². The summed E-state index contributed by atoms with van der Waals surface area (Å²) in [5, 5.41) is 8.93. The minimum Gasteiger partial charge on any atom is -0.385 e. The Morgan fingerprint density at radius 3 is 2.33 bits per heavy atom. The predicted molar refractivity (Wildman–Crippen MR) is 71.0 cm³/mol. The van der Waals surface area contributed by atoms with Crippen LogP contribution in [0.25, 0.3) is 0 Å². The quantitative estimate of drug-likeness (QED) is 0.584. The summed E-state index contributed by atoms with van der Waals surface area (Å²) in [6.07, 6.45) is 0.438. The van der Waals surface area contributed by atoms with Gasteiger partial charge in [-0.2, -0.15) is 0 Å². The topological polar surface area (TPSA) is 73.9 Å². The van der Waals surface area contributed by atoms with Gasteiger partial charge in [0.2, 0.25) is 6.41 Å². The highest BCUT2D eigenvalue weighted by Gasteiger charge is 2.20. The van der Waals surface area contributed by atoms with Gasteiger partial charge in [0, 0.05) is 20.3 Å². The SMILES string of the molecule is COCCC(C)(C)OCCC(C)C(C)OC(N)O. The van der Waals surface area contributed by atoms with E-state index >= 15 is 0 Å². The summed E-state index contributed by atoms with van der Waals surface area (Å²) in [4.78, 5) is 0. The fourth-order valence-corrected chi connectivity index (χ4v) is 1.53. The van der Waals surface area contributed by atoms with Crippen LogP contribution in [0, 0.1) is 5.92 Å². The second kappa shape index (κ2) is 8.82. The molecular weight excluding hydrogens is 234 g/mol. The van der Waals surface area contributed by atoms with Crippen molar-refractivity contribution in [3.8, 4) is 0 Å². The first kappa shape index (κ1) is 17.8. The average Bonchev–Trinajstić information content (AvgIpc) is 2.25. The average molecular weight is 263 g/mol. The molecule has 0 spiro atoms. The lowest BCUT2D eigenvalue weighted by atomic mass is 10.0. The Bertz CT molecular complexity index is 209. The second-order valence-corrected chi connectivity index (χ2v) is 5.35. The zero-order valence-corrected chi connectivity index (χ0v) is 12.3. The fraction of sp³-hybridized carbons (Fsp3) is 1.00. The smallest absolute Gasteiger partial charge is 0.211 e. The van der Waals surface area contributed by atoms with Crippen molar-refractivity contribution in [1.29, 1.82) is 0 Å². The van der Waals surface area contributed by atoms with Crippen LogP contribution < -0.4 is 5.73 Å².